The minimum absolute atomic E-state index is 0.510. The van der Waals surface area contributed by atoms with Gasteiger partial charge in [-0.05, 0) is 29.8 Å². The standard InChI is InChI=1S/C16H13F2N3/c17-12-7-5-11(9-13(12)18)16(21-19)15-8-6-10-3-1-2-4-14(10)20-15/h1-9,16,21H,19H2. The molecule has 0 bridgehead atoms. The van der Waals surface area contributed by atoms with Gasteiger partial charge in [-0.3, -0.25) is 10.8 Å². The SMILES string of the molecule is NNC(c1ccc(F)c(F)c1)c1ccc2ccccc2n1. The van der Waals surface area contributed by atoms with Crippen LogP contribution in [0, 0.1) is 11.6 Å². The Morgan fingerprint density at radius 2 is 1.76 bits per heavy atom. The van der Waals surface area contributed by atoms with Gasteiger partial charge in [0.05, 0.1) is 17.3 Å². The zero-order valence-electron chi connectivity index (χ0n) is 11.1. The van der Waals surface area contributed by atoms with E-state index in [1.807, 2.05) is 36.4 Å². The van der Waals surface area contributed by atoms with E-state index in [9.17, 15) is 8.78 Å². The first-order chi connectivity index (χ1) is 10.2. The van der Waals surface area contributed by atoms with E-state index >= 15 is 0 Å². The molecule has 1 unspecified atom stereocenters. The van der Waals surface area contributed by atoms with Crippen LogP contribution in [0.4, 0.5) is 8.78 Å². The number of hydrogen-bond acceptors (Lipinski definition) is 3. The largest absolute Gasteiger partial charge is 0.271 e. The quantitative estimate of drug-likeness (QED) is 0.574. The van der Waals surface area contributed by atoms with Crippen molar-refractivity contribution in [1.29, 1.82) is 0 Å². The summed E-state index contributed by atoms with van der Waals surface area (Å²) in [5, 5.41) is 1.00. The molecule has 3 rings (SSSR count). The van der Waals surface area contributed by atoms with E-state index in [0.717, 1.165) is 23.0 Å². The Kier molecular flexibility index (Phi) is 3.60. The molecule has 0 saturated heterocycles. The Bertz CT molecular complexity index is 789. The summed E-state index contributed by atoms with van der Waals surface area (Å²) in [6.07, 6.45) is 0. The predicted molar refractivity (Wildman–Crippen MR) is 77.3 cm³/mol. The molecule has 1 atom stereocenters. The molecule has 0 aliphatic heterocycles. The number of halogens is 2. The number of hydrazine groups is 1. The third-order valence-electron chi connectivity index (χ3n) is 3.36. The number of hydrogen-bond donors (Lipinski definition) is 2. The van der Waals surface area contributed by atoms with Gasteiger partial charge in [0, 0.05) is 5.39 Å². The Morgan fingerprint density at radius 3 is 2.52 bits per heavy atom. The summed E-state index contributed by atoms with van der Waals surface area (Å²) in [7, 11) is 0. The molecule has 0 aliphatic rings. The van der Waals surface area contributed by atoms with E-state index in [1.54, 1.807) is 0 Å². The number of pyridine rings is 1. The molecule has 0 amide bonds. The maximum Gasteiger partial charge on any atom is 0.159 e. The summed E-state index contributed by atoms with van der Waals surface area (Å²) in [5.41, 5.74) is 4.57. The van der Waals surface area contributed by atoms with E-state index in [-0.39, 0.29) is 0 Å². The third-order valence-corrected chi connectivity index (χ3v) is 3.36. The second-order valence-corrected chi connectivity index (χ2v) is 4.70. The highest BCUT2D eigenvalue weighted by Gasteiger charge is 2.16. The zero-order valence-corrected chi connectivity index (χ0v) is 11.1. The molecule has 0 radical (unpaired) electrons. The molecule has 5 heteroatoms. The number of benzene rings is 2. The lowest BCUT2D eigenvalue weighted by molar-refractivity contribution is 0.503. The number of nitrogens with zero attached hydrogens (tertiary/aromatic N) is 1. The first-order valence-electron chi connectivity index (χ1n) is 6.46. The van der Waals surface area contributed by atoms with Crippen molar-refractivity contribution in [2.75, 3.05) is 0 Å². The van der Waals surface area contributed by atoms with Gasteiger partial charge in [0.25, 0.3) is 0 Å². The Morgan fingerprint density at radius 1 is 0.952 bits per heavy atom. The molecule has 21 heavy (non-hydrogen) atoms. The Hall–Kier alpha value is -2.37. The van der Waals surface area contributed by atoms with Crippen molar-refractivity contribution >= 4 is 10.9 Å². The highest BCUT2D eigenvalue weighted by molar-refractivity contribution is 5.78. The van der Waals surface area contributed by atoms with Crippen molar-refractivity contribution in [2.24, 2.45) is 5.84 Å². The average molecular weight is 285 g/mol. The second kappa shape index (κ2) is 5.55. The van der Waals surface area contributed by atoms with Crippen LogP contribution in [0.3, 0.4) is 0 Å². The smallest absolute Gasteiger partial charge is 0.159 e. The fraction of sp³-hybridized carbons (Fsp3) is 0.0625. The fourth-order valence-electron chi connectivity index (χ4n) is 2.29. The fourth-order valence-corrected chi connectivity index (χ4v) is 2.29. The third kappa shape index (κ3) is 2.61. The number of nitrogens with one attached hydrogen (secondary N) is 1. The lowest BCUT2D eigenvalue weighted by Crippen LogP contribution is -2.29. The molecule has 1 aromatic heterocycles. The molecule has 0 spiro atoms. The van der Waals surface area contributed by atoms with E-state index in [1.165, 1.54) is 6.07 Å². The minimum Gasteiger partial charge on any atom is -0.271 e. The zero-order chi connectivity index (χ0) is 14.8. The summed E-state index contributed by atoms with van der Waals surface area (Å²) in [6, 6.07) is 14.6. The van der Waals surface area contributed by atoms with Gasteiger partial charge in [0.15, 0.2) is 11.6 Å². The van der Waals surface area contributed by atoms with Crippen molar-refractivity contribution in [3.8, 4) is 0 Å². The van der Waals surface area contributed by atoms with Crippen LogP contribution in [0.2, 0.25) is 0 Å². The van der Waals surface area contributed by atoms with Gasteiger partial charge in [-0.25, -0.2) is 14.2 Å². The number of fused-ring (bicyclic) bond motifs is 1. The van der Waals surface area contributed by atoms with Crippen LogP contribution in [-0.2, 0) is 0 Å². The summed E-state index contributed by atoms with van der Waals surface area (Å²) < 4.78 is 26.4. The van der Waals surface area contributed by atoms with Crippen LogP contribution in [0.5, 0.6) is 0 Å². The number of aromatic nitrogens is 1. The predicted octanol–water partition coefficient (Wildman–Crippen LogP) is 3.07. The van der Waals surface area contributed by atoms with Crippen LogP contribution >= 0.6 is 0 Å². The van der Waals surface area contributed by atoms with Crippen LogP contribution in [0.25, 0.3) is 10.9 Å². The van der Waals surface area contributed by atoms with Crippen LogP contribution in [0.15, 0.2) is 54.6 Å². The highest BCUT2D eigenvalue weighted by atomic mass is 19.2. The van der Waals surface area contributed by atoms with Crippen LogP contribution in [0.1, 0.15) is 17.3 Å². The molecule has 0 saturated carbocycles. The maximum absolute atomic E-state index is 13.4. The molecular formula is C16H13F2N3. The Labute approximate surface area is 120 Å². The summed E-state index contributed by atoms with van der Waals surface area (Å²) in [6.45, 7) is 0. The van der Waals surface area contributed by atoms with Crippen molar-refractivity contribution < 1.29 is 8.78 Å². The molecule has 2 aromatic carbocycles. The van der Waals surface area contributed by atoms with E-state index in [2.05, 4.69) is 10.4 Å². The van der Waals surface area contributed by atoms with Gasteiger partial charge in [-0.1, -0.05) is 30.3 Å². The van der Waals surface area contributed by atoms with E-state index in [0.29, 0.717) is 11.3 Å². The molecule has 3 N–H and O–H groups in total. The van der Waals surface area contributed by atoms with Gasteiger partial charge in [-0.2, -0.15) is 0 Å². The summed E-state index contributed by atoms with van der Waals surface area (Å²) in [5.74, 6) is 3.77. The molecule has 3 nitrogen and oxygen atoms in total. The van der Waals surface area contributed by atoms with E-state index in [4.69, 9.17) is 5.84 Å². The average Bonchev–Trinajstić information content (AvgIpc) is 2.51. The summed E-state index contributed by atoms with van der Waals surface area (Å²) >= 11 is 0. The molecule has 106 valence electrons. The van der Waals surface area contributed by atoms with Crippen molar-refractivity contribution in [3.63, 3.8) is 0 Å². The Balaban J connectivity index is 2.06. The molecule has 0 aliphatic carbocycles. The maximum atomic E-state index is 13.4. The topological polar surface area (TPSA) is 50.9 Å². The van der Waals surface area contributed by atoms with Crippen molar-refractivity contribution in [3.05, 3.63) is 77.5 Å². The van der Waals surface area contributed by atoms with Gasteiger partial charge in [0.2, 0.25) is 0 Å². The van der Waals surface area contributed by atoms with E-state index < -0.39 is 17.7 Å². The normalized spacial score (nSPS) is 12.5. The lowest BCUT2D eigenvalue weighted by Gasteiger charge is -2.16. The minimum atomic E-state index is -0.909. The summed E-state index contributed by atoms with van der Waals surface area (Å²) in [4.78, 5) is 4.52. The molecular weight excluding hydrogens is 272 g/mol. The van der Waals surface area contributed by atoms with Gasteiger partial charge in [0.1, 0.15) is 0 Å². The van der Waals surface area contributed by atoms with Gasteiger partial charge in [-0.15, -0.1) is 0 Å². The lowest BCUT2D eigenvalue weighted by atomic mass is 10.0. The van der Waals surface area contributed by atoms with Gasteiger partial charge < -0.3 is 0 Å². The molecule has 0 fully saturated rings. The number of rotatable bonds is 3. The number of para-hydroxylation sites is 1. The second-order valence-electron chi connectivity index (χ2n) is 4.70. The van der Waals surface area contributed by atoms with Crippen LogP contribution in [-0.4, -0.2) is 4.98 Å². The van der Waals surface area contributed by atoms with Gasteiger partial charge >= 0.3 is 0 Å². The molecule has 1 heterocycles. The first-order valence-corrected chi connectivity index (χ1v) is 6.46. The molecule has 3 aromatic rings. The van der Waals surface area contributed by atoms with Crippen molar-refractivity contribution in [1.82, 2.24) is 10.4 Å². The van der Waals surface area contributed by atoms with Crippen LogP contribution < -0.4 is 11.3 Å². The monoisotopic (exact) mass is 285 g/mol. The van der Waals surface area contributed by atoms with Crippen molar-refractivity contribution in [2.45, 2.75) is 6.04 Å². The highest BCUT2D eigenvalue weighted by Crippen LogP contribution is 2.23. The first kappa shape index (κ1) is 13.6. The number of nitrogens with two attached hydrogens (primary N) is 1.